The summed E-state index contributed by atoms with van der Waals surface area (Å²) in [7, 11) is 1.73. The molecule has 20 heavy (non-hydrogen) atoms. The summed E-state index contributed by atoms with van der Waals surface area (Å²) >= 11 is 0. The van der Waals surface area contributed by atoms with E-state index in [2.05, 4.69) is 41.2 Å². The largest absolute Gasteiger partial charge is 0.494 e. The first-order valence-electron chi connectivity index (χ1n) is 7.18. The molecule has 0 radical (unpaired) electrons. The van der Waals surface area contributed by atoms with Gasteiger partial charge in [0.05, 0.1) is 13.2 Å². The number of nitrogens with one attached hydrogen (secondary N) is 1. The predicted octanol–water partition coefficient (Wildman–Crippen LogP) is 2.66. The molecule has 1 unspecified atom stereocenters. The molecule has 2 rings (SSSR count). The Morgan fingerprint density at radius 3 is 2.90 bits per heavy atom. The molecule has 110 valence electrons. The topological polar surface area (TPSA) is 35.4 Å². The molecule has 4 nitrogen and oxygen atoms in total. The lowest BCUT2D eigenvalue weighted by Crippen LogP contribution is -2.32. The van der Waals surface area contributed by atoms with Gasteiger partial charge in [-0.05, 0) is 38.1 Å². The molecule has 0 bridgehead atoms. The van der Waals surface area contributed by atoms with Gasteiger partial charge in [0.1, 0.15) is 5.75 Å². The van der Waals surface area contributed by atoms with Gasteiger partial charge in [-0.3, -0.25) is 0 Å². The molecular formula is C16H24N2O2. The van der Waals surface area contributed by atoms with Crippen LogP contribution in [-0.4, -0.2) is 37.5 Å². The highest BCUT2D eigenvalue weighted by Crippen LogP contribution is 2.21. The van der Waals surface area contributed by atoms with E-state index in [0.717, 1.165) is 25.4 Å². The second-order valence-corrected chi connectivity index (χ2v) is 4.97. The quantitative estimate of drug-likeness (QED) is 0.805. The molecule has 2 aromatic rings. The zero-order valence-corrected chi connectivity index (χ0v) is 12.6. The minimum Gasteiger partial charge on any atom is -0.494 e. The smallest absolute Gasteiger partial charge is 0.120 e. The normalized spacial score (nSPS) is 12.8. The van der Waals surface area contributed by atoms with Crippen LogP contribution in [0, 0.1) is 0 Å². The van der Waals surface area contributed by atoms with Crippen LogP contribution in [0.1, 0.15) is 13.8 Å². The third kappa shape index (κ3) is 3.74. The number of methoxy groups -OCH3 is 1. The number of fused-ring (bicyclic) bond motifs is 1. The summed E-state index contributed by atoms with van der Waals surface area (Å²) in [4.78, 5) is 0. The predicted molar refractivity (Wildman–Crippen MR) is 82.4 cm³/mol. The van der Waals surface area contributed by atoms with Gasteiger partial charge in [0.2, 0.25) is 0 Å². The summed E-state index contributed by atoms with van der Waals surface area (Å²) < 4.78 is 12.9. The lowest BCUT2D eigenvalue weighted by molar-refractivity contribution is 0.172. The van der Waals surface area contributed by atoms with Gasteiger partial charge in [-0.1, -0.05) is 0 Å². The first kappa shape index (κ1) is 14.9. The van der Waals surface area contributed by atoms with Gasteiger partial charge in [-0.25, -0.2) is 0 Å². The first-order chi connectivity index (χ1) is 9.74. The molecule has 0 aliphatic heterocycles. The van der Waals surface area contributed by atoms with E-state index in [4.69, 9.17) is 9.47 Å². The van der Waals surface area contributed by atoms with E-state index in [9.17, 15) is 0 Å². The zero-order chi connectivity index (χ0) is 14.4. The third-order valence-electron chi connectivity index (χ3n) is 3.32. The van der Waals surface area contributed by atoms with E-state index in [0.29, 0.717) is 12.6 Å². The Hall–Kier alpha value is -1.52. The van der Waals surface area contributed by atoms with Crippen LogP contribution in [0.4, 0.5) is 0 Å². The second kappa shape index (κ2) is 7.31. The van der Waals surface area contributed by atoms with Crippen LogP contribution in [-0.2, 0) is 11.3 Å². The molecule has 0 saturated carbocycles. The van der Waals surface area contributed by atoms with Crippen LogP contribution >= 0.6 is 0 Å². The van der Waals surface area contributed by atoms with Crippen molar-refractivity contribution < 1.29 is 9.47 Å². The first-order valence-corrected chi connectivity index (χ1v) is 7.18. The van der Waals surface area contributed by atoms with E-state index in [1.54, 1.807) is 7.11 Å². The fourth-order valence-corrected chi connectivity index (χ4v) is 2.37. The molecule has 0 aliphatic rings. The van der Waals surface area contributed by atoms with E-state index >= 15 is 0 Å². The molecule has 0 fully saturated rings. The van der Waals surface area contributed by atoms with Crippen molar-refractivity contribution in [3.63, 3.8) is 0 Å². The minimum absolute atomic E-state index is 0.381. The van der Waals surface area contributed by atoms with Gasteiger partial charge in [-0.15, -0.1) is 0 Å². The SMILES string of the molecule is CCOc1ccc2c(ccn2CCNC(C)COC)c1. The summed E-state index contributed by atoms with van der Waals surface area (Å²) in [6.45, 7) is 7.46. The molecule has 1 aromatic carbocycles. The molecule has 0 aliphatic carbocycles. The van der Waals surface area contributed by atoms with E-state index in [-0.39, 0.29) is 0 Å². The van der Waals surface area contributed by atoms with E-state index in [1.165, 1.54) is 10.9 Å². The lowest BCUT2D eigenvalue weighted by Gasteiger charge is -2.13. The minimum atomic E-state index is 0.381. The standard InChI is InChI=1S/C16H24N2O2/c1-4-20-15-5-6-16-14(11-15)7-9-18(16)10-8-17-13(2)12-19-3/h5-7,9,11,13,17H,4,8,10,12H2,1-3H3. The lowest BCUT2D eigenvalue weighted by atomic mass is 10.2. The van der Waals surface area contributed by atoms with Crippen molar-refractivity contribution >= 4 is 10.9 Å². The zero-order valence-electron chi connectivity index (χ0n) is 12.6. The van der Waals surface area contributed by atoms with Crippen LogP contribution in [0.2, 0.25) is 0 Å². The molecule has 1 N–H and O–H groups in total. The van der Waals surface area contributed by atoms with Gasteiger partial charge >= 0.3 is 0 Å². The van der Waals surface area contributed by atoms with Crippen molar-refractivity contribution in [2.24, 2.45) is 0 Å². The molecular weight excluding hydrogens is 252 g/mol. The Kier molecular flexibility index (Phi) is 5.44. The van der Waals surface area contributed by atoms with Crippen molar-refractivity contribution in [2.45, 2.75) is 26.4 Å². The Bertz CT molecular complexity index is 536. The summed E-state index contributed by atoms with van der Waals surface area (Å²) in [6, 6.07) is 8.76. The van der Waals surface area contributed by atoms with Crippen LogP contribution < -0.4 is 10.1 Å². The summed E-state index contributed by atoms with van der Waals surface area (Å²) in [5.74, 6) is 0.935. The van der Waals surface area contributed by atoms with Gasteiger partial charge < -0.3 is 19.4 Å². The molecule has 1 aromatic heterocycles. The number of nitrogens with zero attached hydrogens (tertiary/aromatic N) is 1. The fraction of sp³-hybridized carbons (Fsp3) is 0.500. The van der Waals surface area contributed by atoms with Gasteiger partial charge in [-0.2, -0.15) is 0 Å². The molecule has 0 saturated heterocycles. The molecule has 4 heteroatoms. The van der Waals surface area contributed by atoms with Crippen LogP contribution in [0.15, 0.2) is 30.5 Å². The van der Waals surface area contributed by atoms with Crippen molar-refractivity contribution in [3.8, 4) is 5.75 Å². The fourth-order valence-electron chi connectivity index (χ4n) is 2.37. The van der Waals surface area contributed by atoms with Gasteiger partial charge in [0, 0.05) is 43.3 Å². The molecule has 1 atom stereocenters. The van der Waals surface area contributed by atoms with Crippen molar-refractivity contribution in [2.75, 3.05) is 26.9 Å². The van der Waals surface area contributed by atoms with Gasteiger partial charge in [0.15, 0.2) is 0 Å². The number of rotatable bonds is 8. The number of ether oxygens (including phenoxy) is 2. The van der Waals surface area contributed by atoms with E-state index in [1.807, 2.05) is 13.0 Å². The van der Waals surface area contributed by atoms with Crippen LogP contribution in [0.3, 0.4) is 0 Å². The number of aromatic nitrogens is 1. The molecule has 0 amide bonds. The Balaban J connectivity index is 1.97. The summed E-state index contributed by atoms with van der Waals surface area (Å²) in [5, 5.41) is 4.67. The maximum Gasteiger partial charge on any atom is 0.120 e. The van der Waals surface area contributed by atoms with Crippen molar-refractivity contribution in [1.29, 1.82) is 0 Å². The van der Waals surface area contributed by atoms with E-state index < -0.39 is 0 Å². The van der Waals surface area contributed by atoms with Crippen molar-refractivity contribution in [1.82, 2.24) is 9.88 Å². The number of benzene rings is 1. The third-order valence-corrected chi connectivity index (χ3v) is 3.32. The van der Waals surface area contributed by atoms with Crippen LogP contribution in [0.5, 0.6) is 5.75 Å². The highest BCUT2D eigenvalue weighted by molar-refractivity contribution is 5.81. The maximum absolute atomic E-state index is 5.53. The Morgan fingerprint density at radius 1 is 1.30 bits per heavy atom. The number of hydrogen-bond donors (Lipinski definition) is 1. The number of hydrogen-bond acceptors (Lipinski definition) is 3. The molecule has 0 spiro atoms. The monoisotopic (exact) mass is 276 g/mol. The average Bonchev–Trinajstić information content (AvgIpc) is 2.82. The molecule has 1 heterocycles. The van der Waals surface area contributed by atoms with Gasteiger partial charge in [0.25, 0.3) is 0 Å². The highest BCUT2D eigenvalue weighted by Gasteiger charge is 2.04. The summed E-state index contributed by atoms with van der Waals surface area (Å²) in [5.41, 5.74) is 1.25. The summed E-state index contributed by atoms with van der Waals surface area (Å²) in [6.07, 6.45) is 2.13. The maximum atomic E-state index is 5.53. The highest BCUT2D eigenvalue weighted by atomic mass is 16.5. The average molecular weight is 276 g/mol. The van der Waals surface area contributed by atoms with Crippen LogP contribution in [0.25, 0.3) is 10.9 Å². The Labute approximate surface area is 120 Å². The second-order valence-electron chi connectivity index (χ2n) is 4.97. The van der Waals surface area contributed by atoms with Crippen molar-refractivity contribution in [3.05, 3.63) is 30.5 Å². The Morgan fingerprint density at radius 2 is 2.15 bits per heavy atom.